The van der Waals surface area contributed by atoms with E-state index in [0.29, 0.717) is 10.0 Å². The second kappa shape index (κ2) is 8.76. The van der Waals surface area contributed by atoms with Gasteiger partial charge < -0.3 is 15.4 Å². The summed E-state index contributed by atoms with van der Waals surface area (Å²) in [5.74, 6) is 0.887. The molecule has 0 saturated carbocycles. The average Bonchev–Trinajstić information content (AvgIpc) is 2.53. The van der Waals surface area contributed by atoms with Gasteiger partial charge in [0.2, 0.25) is 0 Å². The van der Waals surface area contributed by atoms with Gasteiger partial charge >= 0.3 is 0 Å². The minimum atomic E-state index is 0.666. The van der Waals surface area contributed by atoms with E-state index in [4.69, 9.17) is 27.9 Å². The molecule has 0 saturated heterocycles. The predicted octanol–water partition coefficient (Wildman–Crippen LogP) is 5.31. The molecule has 2 N–H and O–H groups in total. The number of nitrogens with one attached hydrogen (secondary N) is 2. The van der Waals surface area contributed by atoms with Crippen LogP contribution in [0.3, 0.4) is 0 Å². The molecule has 0 radical (unpaired) electrons. The molecule has 2 rings (SSSR count). The lowest BCUT2D eigenvalue weighted by atomic mass is 10.3. The van der Waals surface area contributed by atoms with E-state index in [1.54, 1.807) is 12.1 Å². The Morgan fingerprint density at radius 1 is 1.00 bits per heavy atom. The highest BCUT2D eigenvalue weighted by atomic mass is 35.5. The molecule has 0 heterocycles. The van der Waals surface area contributed by atoms with E-state index in [9.17, 15) is 0 Å². The summed E-state index contributed by atoms with van der Waals surface area (Å²) in [4.78, 5) is 0. The number of rotatable bonds is 8. The predicted molar refractivity (Wildman–Crippen MR) is 95.7 cm³/mol. The van der Waals surface area contributed by atoms with Crippen LogP contribution in [0.2, 0.25) is 10.0 Å². The highest BCUT2D eigenvalue weighted by Crippen LogP contribution is 2.25. The molecule has 0 spiro atoms. The van der Waals surface area contributed by atoms with Crippen molar-refractivity contribution >= 4 is 34.6 Å². The maximum absolute atomic E-state index is 6.10. The molecular weight excluding hydrogens is 319 g/mol. The number of benzene rings is 2. The summed E-state index contributed by atoms with van der Waals surface area (Å²) in [7, 11) is 0. The third kappa shape index (κ3) is 5.32. The zero-order valence-electron chi connectivity index (χ0n) is 12.5. The van der Waals surface area contributed by atoms with Crippen LogP contribution in [0.15, 0.2) is 42.5 Å². The van der Waals surface area contributed by atoms with Gasteiger partial charge in [0.1, 0.15) is 5.75 Å². The molecule has 118 valence electrons. The Morgan fingerprint density at radius 3 is 2.64 bits per heavy atom. The Balaban J connectivity index is 1.80. The number of ether oxygens (including phenoxy) is 1. The molecule has 0 atom stereocenters. The van der Waals surface area contributed by atoms with Crippen molar-refractivity contribution in [2.75, 3.05) is 30.3 Å². The van der Waals surface area contributed by atoms with Crippen molar-refractivity contribution < 1.29 is 4.74 Å². The van der Waals surface area contributed by atoms with E-state index in [1.807, 2.05) is 30.3 Å². The van der Waals surface area contributed by atoms with Gasteiger partial charge in [0.15, 0.2) is 0 Å². The molecule has 0 aliphatic carbocycles. The fraction of sp³-hybridized carbons (Fsp3) is 0.294. The zero-order valence-corrected chi connectivity index (χ0v) is 14.0. The topological polar surface area (TPSA) is 33.3 Å². The summed E-state index contributed by atoms with van der Waals surface area (Å²) in [6.45, 7) is 4.33. The van der Waals surface area contributed by atoms with E-state index < -0.39 is 0 Å². The molecule has 0 bridgehead atoms. The number of hydrogen-bond donors (Lipinski definition) is 2. The van der Waals surface area contributed by atoms with Crippen LogP contribution in [-0.2, 0) is 0 Å². The second-order valence-corrected chi connectivity index (χ2v) is 5.70. The van der Waals surface area contributed by atoms with Gasteiger partial charge in [-0.25, -0.2) is 0 Å². The maximum Gasteiger partial charge on any atom is 0.121 e. The molecule has 5 heteroatoms. The van der Waals surface area contributed by atoms with E-state index in [2.05, 4.69) is 17.6 Å². The van der Waals surface area contributed by atoms with Crippen molar-refractivity contribution in [1.82, 2.24) is 0 Å². The summed E-state index contributed by atoms with van der Waals surface area (Å²) in [5.41, 5.74) is 1.88. The van der Waals surface area contributed by atoms with Gasteiger partial charge in [0.25, 0.3) is 0 Å². The monoisotopic (exact) mass is 338 g/mol. The number of anilines is 2. The lowest BCUT2D eigenvalue weighted by Crippen LogP contribution is -2.13. The van der Waals surface area contributed by atoms with Crippen LogP contribution in [0, 0.1) is 0 Å². The largest absolute Gasteiger partial charge is 0.494 e. The lowest BCUT2D eigenvalue weighted by molar-refractivity contribution is 0.317. The standard InChI is InChI=1S/C17H20Cl2N2O/c1-2-10-22-15-5-3-4-14(12-15)20-8-9-21-17-11-13(18)6-7-16(17)19/h3-7,11-12,20-21H,2,8-10H2,1H3. The molecule has 0 unspecified atom stereocenters. The molecule has 3 nitrogen and oxygen atoms in total. The van der Waals surface area contributed by atoms with Crippen LogP contribution in [0.1, 0.15) is 13.3 Å². The van der Waals surface area contributed by atoms with Crippen LogP contribution in [0.4, 0.5) is 11.4 Å². The average molecular weight is 339 g/mol. The van der Waals surface area contributed by atoms with E-state index in [-0.39, 0.29) is 0 Å². The quantitative estimate of drug-likeness (QED) is 0.640. The van der Waals surface area contributed by atoms with Gasteiger partial charge in [-0.1, -0.05) is 36.2 Å². The van der Waals surface area contributed by atoms with Crippen molar-refractivity contribution in [3.05, 3.63) is 52.5 Å². The van der Waals surface area contributed by atoms with Crippen LogP contribution in [0.25, 0.3) is 0 Å². The fourth-order valence-corrected chi connectivity index (χ4v) is 2.31. The SMILES string of the molecule is CCCOc1cccc(NCCNc2cc(Cl)ccc2Cl)c1. The van der Waals surface area contributed by atoms with Gasteiger partial charge in [-0.15, -0.1) is 0 Å². The van der Waals surface area contributed by atoms with Crippen LogP contribution >= 0.6 is 23.2 Å². The Morgan fingerprint density at radius 2 is 1.82 bits per heavy atom. The molecule has 0 aromatic heterocycles. The van der Waals surface area contributed by atoms with Gasteiger partial charge in [-0.05, 0) is 36.8 Å². The van der Waals surface area contributed by atoms with Gasteiger partial charge in [-0.3, -0.25) is 0 Å². The Kier molecular flexibility index (Phi) is 6.69. The normalized spacial score (nSPS) is 10.3. The van der Waals surface area contributed by atoms with Crippen LogP contribution in [-0.4, -0.2) is 19.7 Å². The Labute approximate surface area is 141 Å². The summed E-state index contributed by atoms with van der Waals surface area (Å²) in [6.07, 6.45) is 1.00. The minimum absolute atomic E-state index is 0.666. The molecule has 0 fully saturated rings. The van der Waals surface area contributed by atoms with Crippen LogP contribution in [0.5, 0.6) is 5.75 Å². The minimum Gasteiger partial charge on any atom is -0.494 e. The first-order valence-corrected chi connectivity index (χ1v) is 8.10. The van der Waals surface area contributed by atoms with Crippen molar-refractivity contribution in [3.63, 3.8) is 0 Å². The second-order valence-electron chi connectivity index (χ2n) is 4.85. The van der Waals surface area contributed by atoms with Crippen molar-refractivity contribution in [2.24, 2.45) is 0 Å². The van der Waals surface area contributed by atoms with Gasteiger partial charge in [0, 0.05) is 29.9 Å². The third-order valence-corrected chi connectivity index (χ3v) is 3.57. The Hall–Kier alpha value is -1.58. The summed E-state index contributed by atoms with van der Waals surface area (Å²) in [6, 6.07) is 13.3. The van der Waals surface area contributed by atoms with Crippen molar-refractivity contribution in [2.45, 2.75) is 13.3 Å². The third-order valence-electron chi connectivity index (χ3n) is 3.00. The molecular formula is C17H20Cl2N2O. The molecule has 0 aliphatic rings. The summed E-state index contributed by atoms with van der Waals surface area (Å²) < 4.78 is 5.61. The first kappa shape index (κ1) is 16.8. The van der Waals surface area contributed by atoms with Crippen molar-refractivity contribution in [3.8, 4) is 5.75 Å². The summed E-state index contributed by atoms with van der Waals surface area (Å²) >= 11 is 12.1. The van der Waals surface area contributed by atoms with E-state index in [0.717, 1.165) is 43.2 Å². The number of halogens is 2. The summed E-state index contributed by atoms with van der Waals surface area (Å²) in [5, 5.41) is 7.94. The molecule has 22 heavy (non-hydrogen) atoms. The Bertz CT molecular complexity index is 605. The van der Waals surface area contributed by atoms with Gasteiger partial charge in [-0.2, -0.15) is 0 Å². The maximum atomic E-state index is 6.10. The first-order valence-electron chi connectivity index (χ1n) is 7.34. The molecule has 0 aliphatic heterocycles. The zero-order chi connectivity index (χ0) is 15.8. The van der Waals surface area contributed by atoms with Crippen LogP contribution < -0.4 is 15.4 Å². The van der Waals surface area contributed by atoms with Crippen molar-refractivity contribution in [1.29, 1.82) is 0 Å². The molecule has 0 amide bonds. The fourth-order valence-electron chi connectivity index (χ4n) is 1.95. The van der Waals surface area contributed by atoms with E-state index in [1.165, 1.54) is 0 Å². The highest BCUT2D eigenvalue weighted by molar-refractivity contribution is 6.35. The highest BCUT2D eigenvalue weighted by Gasteiger charge is 2.01. The molecule has 2 aromatic carbocycles. The van der Waals surface area contributed by atoms with Gasteiger partial charge in [0.05, 0.1) is 17.3 Å². The number of hydrogen-bond acceptors (Lipinski definition) is 3. The van der Waals surface area contributed by atoms with E-state index >= 15 is 0 Å². The molecule has 2 aromatic rings. The smallest absolute Gasteiger partial charge is 0.121 e. The lowest BCUT2D eigenvalue weighted by Gasteiger charge is -2.11. The first-order chi connectivity index (χ1) is 10.7.